The summed E-state index contributed by atoms with van der Waals surface area (Å²) in [4.78, 5) is 10.3. The zero-order valence-corrected chi connectivity index (χ0v) is 27.6. The predicted octanol–water partition coefficient (Wildman–Crippen LogP) is 12.7. The van der Waals surface area contributed by atoms with Crippen LogP contribution < -0.4 is 0 Å². The third kappa shape index (κ3) is 5.54. The number of hydrogen-bond donors (Lipinski definition) is 0. The number of para-hydroxylation sites is 1. The van der Waals surface area contributed by atoms with Gasteiger partial charge in [0.1, 0.15) is 5.01 Å². The molecule has 0 N–H and O–H groups in total. The van der Waals surface area contributed by atoms with Gasteiger partial charge in [-0.2, -0.15) is 0 Å². The van der Waals surface area contributed by atoms with E-state index in [-0.39, 0.29) is 5.41 Å². The summed E-state index contributed by atoms with van der Waals surface area (Å²) in [5.74, 6) is 0. The molecule has 3 heteroatoms. The lowest BCUT2D eigenvalue weighted by atomic mass is 9.85. The Labute approximate surface area is 279 Å². The van der Waals surface area contributed by atoms with E-state index in [4.69, 9.17) is 9.98 Å². The Kier molecular flexibility index (Phi) is 7.27. The molecule has 8 aromatic rings. The highest BCUT2D eigenvalue weighted by Gasteiger charge is 2.20. The first-order valence-corrected chi connectivity index (χ1v) is 16.9. The van der Waals surface area contributed by atoms with Gasteiger partial charge >= 0.3 is 0 Å². The molecule has 0 spiro atoms. The van der Waals surface area contributed by atoms with Gasteiger partial charge in [-0.15, -0.1) is 11.3 Å². The molecule has 2 nitrogen and oxygen atoms in total. The van der Waals surface area contributed by atoms with Crippen molar-refractivity contribution < 1.29 is 0 Å². The average Bonchev–Trinajstić information content (AvgIpc) is 3.54. The molecule has 0 unspecified atom stereocenters. The van der Waals surface area contributed by atoms with Crippen LogP contribution in [0.5, 0.6) is 0 Å². The van der Waals surface area contributed by atoms with Crippen molar-refractivity contribution in [1.29, 1.82) is 0 Å². The molecule has 0 aliphatic rings. The van der Waals surface area contributed by atoms with Crippen LogP contribution in [0.3, 0.4) is 0 Å². The van der Waals surface area contributed by atoms with Crippen LogP contribution in [0.15, 0.2) is 151 Å². The Hall–Kier alpha value is -5.38. The van der Waals surface area contributed by atoms with Gasteiger partial charge in [0.2, 0.25) is 0 Å². The summed E-state index contributed by atoms with van der Waals surface area (Å²) in [5.41, 5.74) is 10.2. The fourth-order valence-electron chi connectivity index (χ4n) is 6.37. The van der Waals surface area contributed by atoms with Crippen molar-refractivity contribution in [2.75, 3.05) is 0 Å². The Morgan fingerprint density at radius 1 is 0.574 bits per heavy atom. The van der Waals surface area contributed by atoms with Crippen molar-refractivity contribution in [1.82, 2.24) is 4.98 Å². The first-order chi connectivity index (χ1) is 22.9. The molecule has 8 rings (SSSR count). The number of rotatable bonds is 5. The van der Waals surface area contributed by atoms with E-state index >= 15 is 0 Å². The van der Waals surface area contributed by atoms with Crippen LogP contribution >= 0.6 is 11.3 Å². The molecule has 0 saturated carbocycles. The number of hydrogen-bond acceptors (Lipinski definition) is 3. The van der Waals surface area contributed by atoms with Gasteiger partial charge in [-0.25, -0.2) is 4.98 Å². The number of benzene rings is 7. The molecule has 0 radical (unpaired) electrons. The highest BCUT2D eigenvalue weighted by molar-refractivity contribution is 7.21. The fraction of sp³-hybridized carbons (Fsp3) is 0.0909. The Balaban J connectivity index is 1.22. The Morgan fingerprint density at radius 2 is 1.17 bits per heavy atom. The number of thiazole rings is 1. The predicted molar refractivity (Wildman–Crippen MR) is 203 cm³/mol. The minimum absolute atomic E-state index is 0.00333. The highest BCUT2D eigenvalue weighted by atomic mass is 32.1. The zero-order chi connectivity index (χ0) is 32.0. The van der Waals surface area contributed by atoms with Crippen molar-refractivity contribution in [3.63, 3.8) is 0 Å². The molecule has 7 aromatic carbocycles. The van der Waals surface area contributed by atoms with Crippen molar-refractivity contribution in [3.8, 4) is 32.8 Å². The molecular weight excluding hydrogens is 589 g/mol. The van der Waals surface area contributed by atoms with Gasteiger partial charge < -0.3 is 0 Å². The molecule has 1 aromatic heterocycles. The van der Waals surface area contributed by atoms with Crippen LogP contribution in [-0.4, -0.2) is 11.2 Å². The molecule has 47 heavy (non-hydrogen) atoms. The third-order valence-corrected chi connectivity index (χ3v) is 9.99. The SMILES string of the molecule is CC(C)(C)c1cc(-c2ccc(-c3cccc4ccccc34)cc2)c2nc(-c3ccccc3N=Cc3cccc4ccccc34)sc2c1. The molecule has 0 amide bonds. The zero-order valence-electron chi connectivity index (χ0n) is 26.7. The summed E-state index contributed by atoms with van der Waals surface area (Å²) in [6.45, 7) is 6.84. The number of nitrogens with zero attached hydrogens (tertiary/aromatic N) is 2. The van der Waals surface area contributed by atoms with Gasteiger partial charge in [0.15, 0.2) is 0 Å². The van der Waals surface area contributed by atoms with E-state index in [0.29, 0.717) is 0 Å². The fourth-order valence-corrected chi connectivity index (χ4v) is 7.44. The highest BCUT2D eigenvalue weighted by Crippen LogP contribution is 2.42. The first-order valence-electron chi connectivity index (χ1n) is 16.1. The van der Waals surface area contributed by atoms with Crippen LogP contribution in [0, 0.1) is 0 Å². The van der Waals surface area contributed by atoms with E-state index in [1.807, 2.05) is 12.3 Å². The van der Waals surface area contributed by atoms with Crippen molar-refractivity contribution in [3.05, 3.63) is 157 Å². The summed E-state index contributed by atoms with van der Waals surface area (Å²) >= 11 is 1.74. The molecular formula is C44H34N2S. The topological polar surface area (TPSA) is 25.2 Å². The molecule has 0 bridgehead atoms. The smallest absolute Gasteiger partial charge is 0.126 e. The van der Waals surface area contributed by atoms with E-state index < -0.39 is 0 Å². The molecule has 0 atom stereocenters. The normalized spacial score (nSPS) is 12.1. The lowest BCUT2D eigenvalue weighted by molar-refractivity contribution is 0.591. The van der Waals surface area contributed by atoms with Gasteiger partial charge in [0, 0.05) is 22.9 Å². The second-order valence-corrected chi connectivity index (χ2v) is 14.1. The average molecular weight is 623 g/mol. The largest absolute Gasteiger partial charge is 0.256 e. The van der Waals surface area contributed by atoms with Crippen LogP contribution in [0.1, 0.15) is 31.9 Å². The van der Waals surface area contributed by atoms with Gasteiger partial charge in [-0.3, -0.25) is 4.99 Å². The molecule has 226 valence electrons. The van der Waals surface area contributed by atoms with Gasteiger partial charge in [-0.1, -0.05) is 142 Å². The minimum atomic E-state index is -0.00333. The van der Waals surface area contributed by atoms with E-state index in [9.17, 15) is 0 Å². The maximum atomic E-state index is 5.31. The Morgan fingerprint density at radius 3 is 1.94 bits per heavy atom. The first kappa shape index (κ1) is 29.1. The summed E-state index contributed by atoms with van der Waals surface area (Å²) in [5, 5.41) is 5.91. The molecule has 0 saturated heterocycles. The monoisotopic (exact) mass is 622 g/mol. The second-order valence-electron chi connectivity index (χ2n) is 13.1. The van der Waals surface area contributed by atoms with Crippen molar-refractivity contribution in [2.45, 2.75) is 26.2 Å². The van der Waals surface area contributed by atoms with Crippen LogP contribution in [-0.2, 0) is 5.41 Å². The molecule has 0 aliphatic heterocycles. The van der Waals surface area contributed by atoms with E-state index in [1.165, 1.54) is 48.5 Å². The summed E-state index contributed by atoms with van der Waals surface area (Å²) in [6.07, 6.45) is 1.98. The van der Waals surface area contributed by atoms with Crippen LogP contribution in [0.25, 0.3) is 64.6 Å². The standard InChI is InChI=1S/C44H34N2S/c1-44(2,3)34-26-39(32-24-22-31(23-25-32)37-20-11-15-30-13-5-7-18-36(30)37)42-41(27-34)47-43(46-42)38-19-8-9-21-40(38)45-28-33-16-10-14-29-12-4-6-17-35(29)33/h4-28H,1-3H3. The van der Waals surface area contributed by atoms with E-state index in [2.05, 4.69) is 160 Å². The van der Waals surface area contributed by atoms with Crippen LogP contribution in [0.2, 0.25) is 0 Å². The maximum Gasteiger partial charge on any atom is 0.126 e. The Bertz CT molecular complexity index is 2430. The summed E-state index contributed by atoms with van der Waals surface area (Å²) in [7, 11) is 0. The third-order valence-electron chi connectivity index (χ3n) is 8.96. The quantitative estimate of drug-likeness (QED) is 0.175. The van der Waals surface area contributed by atoms with E-state index in [1.54, 1.807) is 11.3 Å². The molecule has 1 heterocycles. The van der Waals surface area contributed by atoms with Crippen molar-refractivity contribution in [2.24, 2.45) is 4.99 Å². The van der Waals surface area contributed by atoms with Crippen LogP contribution in [0.4, 0.5) is 5.69 Å². The van der Waals surface area contributed by atoms with Crippen molar-refractivity contribution >= 4 is 55.0 Å². The lowest BCUT2D eigenvalue weighted by Gasteiger charge is -2.20. The second kappa shape index (κ2) is 11.8. The number of aliphatic imine (C=N–C) groups is 1. The molecule has 0 fully saturated rings. The summed E-state index contributed by atoms with van der Waals surface area (Å²) < 4.78 is 1.19. The number of aromatic nitrogens is 1. The maximum absolute atomic E-state index is 5.31. The van der Waals surface area contributed by atoms with Gasteiger partial charge in [0.05, 0.1) is 15.9 Å². The van der Waals surface area contributed by atoms with Gasteiger partial charge in [-0.05, 0) is 73.5 Å². The van der Waals surface area contributed by atoms with E-state index in [0.717, 1.165) is 32.9 Å². The summed E-state index contributed by atoms with van der Waals surface area (Å²) in [6, 6.07) is 51.9. The number of fused-ring (bicyclic) bond motifs is 3. The molecule has 0 aliphatic carbocycles. The minimum Gasteiger partial charge on any atom is -0.256 e. The lowest BCUT2D eigenvalue weighted by Crippen LogP contribution is -2.11. The van der Waals surface area contributed by atoms with Gasteiger partial charge in [0.25, 0.3) is 0 Å².